The molecule has 1 rings (SSSR count). The van der Waals surface area contributed by atoms with Crippen LogP contribution in [-0.4, -0.2) is 31.1 Å². The Morgan fingerprint density at radius 2 is 1.67 bits per heavy atom. The second-order valence-corrected chi connectivity index (χ2v) is 5.22. The van der Waals surface area contributed by atoms with E-state index in [0.29, 0.717) is 12.5 Å². The molecule has 18 heavy (non-hydrogen) atoms. The Kier molecular flexibility index (Phi) is 7.33. The van der Waals surface area contributed by atoms with Gasteiger partial charge in [-0.15, -0.1) is 0 Å². The summed E-state index contributed by atoms with van der Waals surface area (Å²) in [7, 11) is 0. The second kappa shape index (κ2) is 8.52. The zero-order valence-corrected chi connectivity index (χ0v) is 12.3. The Balaban J connectivity index is 2.67. The van der Waals surface area contributed by atoms with Gasteiger partial charge in [0.1, 0.15) is 0 Å². The van der Waals surface area contributed by atoms with Gasteiger partial charge >= 0.3 is 0 Å². The van der Waals surface area contributed by atoms with Crippen molar-refractivity contribution in [2.75, 3.05) is 26.2 Å². The molecule has 1 aromatic rings. The molecule has 1 aromatic carbocycles. The van der Waals surface area contributed by atoms with Crippen LogP contribution in [0.15, 0.2) is 24.3 Å². The van der Waals surface area contributed by atoms with Crippen molar-refractivity contribution < 1.29 is 0 Å². The average molecular weight is 269 g/mol. The van der Waals surface area contributed by atoms with Crippen LogP contribution in [-0.2, 0) is 0 Å². The van der Waals surface area contributed by atoms with Crippen molar-refractivity contribution in [3.05, 3.63) is 34.9 Å². The van der Waals surface area contributed by atoms with E-state index in [0.717, 1.165) is 24.7 Å². The topological polar surface area (TPSA) is 29.3 Å². The van der Waals surface area contributed by atoms with Gasteiger partial charge in [0, 0.05) is 24.0 Å². The van der Waals surface area contributed by atoms with E-state index in [1.54, 1.807) is 0 Å². The first-order valence-corrected chi connectivity index (χ1v) is 7.26. The molecular weight excluding hydrogens is 244 g/mol. The van der Waals surface area contributed by atoms with E-state index in [4.69, 9.17) is 17.3 Å². The molecule has 0 saturated carbocycles. The lowest BCUT2D eigenvalue weighted by atomic mass is 9.98. The minimum Gasteiger partial charge on any atom is -0.330 e. The van der Waals surface area contributed by atoms with Gasteiger partial charge in [0.2, 0.25) is 0 Å². The lowest BCUT2D eigenvalue weighted by molar-refractivity contribution is 0.258. The van der Waals surface area contributed by atoms with Gasteiger partial charge in [0.05, 0.1) is 0 Å². The van der Waals surface area contributed by atoms with Gasteiger partial charge < -0.3 is 10.6 Å². The summed E-state index contributed by atoms with van der Waals surface area (Å²) in [6, 6.07) is 8.08. The molecule has 0 aliphatic rings. The normalized spacial score (nSPS) is 12.9. The van der Waals surface area contributed by atoms with Crippen molar-refractivity contribution >= 4 is 11.6 Å². The van der Waals surface area contributed by atoms with Crippen LogP contribution >= 0.6 is 11.6 Å². The molecule has 0 aliphatic heterocycles. The van der Waals surface area contributed by atoms with Crippen LogP contribution in [0.5, 0.6) is 0 Å². The van der Waals surface area contributed by atoms with Gasteiger partial charge in [0.25, 0.3) is 0 Å². The molecule has 0 amide bonds. The average Bonchev–Trinajstić information content (AvgIpc) is 2.37. The summed E-state index contributed by atoms with van der Waals surface area (Å²) in [5.74, 6) is 0.403. The minimum absolute atomic E-state index is 0.403. The third-order valence-corrected chi connectivity index (χ3v) is 3.44. The van der Waals surface area contributed by atoms with Crippen molar-refractivity contribution in [1.29, 1.82) is 0 Å². The number of halogens is 1. The zero-order chi connectivity index (χ0) is 13.4. The molecule has 2 nitrogen and oxygen atoms in total. The smallest absolute Gasteiger partial charge is 0.0406 e. The summed E-state index contributed by atoms with van der Waals surface area (Å²) >= 11 is 5.92. The highest BCUT2D eigenvalue weighted by Gasteiger charge is 2.14. The molecule has 3 heteroatoms. The van der Waals surface area contributed by atoms with Gasteiger partial charge in [-0.3, -0.25) is 0 Å². The fraction of sp³-hybridized carbons (Fsp3) is 0.600. The quantitative estimate of drug-likeness (QED) is 0.782. The van der Waals surface area contributed by atoms with Crippen LogP contribution in [0.3, 0.4) is 0 Å². The molecule has 1 atom stereocenters. The fourth-order valence-electron chi connectivity index (χ4n) is 2.29. The Morgan fingerprint density at radius 1 is 1.11 bits per heavy atom. The number of hydrogen-bond acceptors (Lipinski definition) is 2. The molecule has 0 radical (unpaired) electrons. The second-order valence-electron chi connectivity index (χ2n) is 4.78. The van der Waals surface area contributed by atoms with E-state index in [2.05, 4.69) is 30.9 Å². The van der Waals surface area contributed by atoms with Crippen molar-refractivity contribution in [2.45, 2.75) is 32.6 Å². The molecule has 1 unspecified atom stereocenters. The standard InChI is InChI=1S/C15H25ClN2/c1-3-9-18(10-4-2)12-14(11-17)13-5-7-15(16)8-6-13/h5-8,14H,3-4,9-12,17H2,1-2H3. The number of nitrogens with zero attached hydrogens (tertiary/aromatic N) is 1. The van der Waals surface area contributed by atoms with Crippen LogP contribution in [0.25, 0.3) is 0 Å². The van der Waals surface area contributed by atoms with Crippen LogP contribution in [0.1, 0.15) is 38.2 Å². The predicted molar refractivity (Wildman–Crippen MR) is 80.3 cm³/mol. The summed E-state index contributed by atoms with van der Waals surface area (Å²) in [5, 5.41) is 0.786. The summed E-state index contributed by atoms with van der Waals surface area (Å²) in [6.45, 7) is 8.48. The Labute approximate surface area is 116 Å². The van der Waals surface area contributed by atoms with Crippen molar-refractivity contribution in [3.8, 4) is 0 Å². The first kappa shape index (κ1) is 15.5. The first-order valence-electron chi connectivity index (χ1n) is 6.89. The van der Waals surface area contributed by atoms with Crippen molar-refractivity contribution in [3.63, 3.8) is 0 Å². The van der Waals surface area contributed by atoms with Gasteiger partial charge in [0.15, 0.2) is 0 Å². The van der Waals surface area contributed by atoms with E-state index in [9.17, 15) is 0 Å². The minimum atomic E-state index is 0.403. The van der Waals surface area contributed by atoms with Crippen LogP contribution in [0.2, 0.25) is 5.02 Å². The summed E-state index contributed by atoms with van der Waals surface area (Å²) < 4.78 is 0. The van der Waals surface area contributed by atoms with E-state index < -0.39 is 0 Å². The van der Waals surface area contributed by atoms with Crippen LogP contribution in [0, 0.1) is 0 Å². The highest BCUT2D eigenvalue weighted by molar-refractivity contribution is 6.30. The van der Waals surface area contributed by atoms with Crippen LogP contribution < -0.4 is 5.73 Å². The lowest BCUT2D eigenvalue weighted by Gasteiger charge is -2.26. The molecule has 0 spiro atoms. The number of benzene rings is 1. The highest BCUT2D eigenvalue weighted by Crippen LogP contribution is 2.19. The Morgan fingerprint density at radius 3 is 2.11 bits per heavy atom. The Bertz CT molecular complexity index is 318. The van der Waals surface area contributed by atoms with Gasteiger partial charge in [-0.05, 0) is 43.6 Å². The number of nitrogens with two attached hydrogens (primary N) is 1. The van der Waals surface area contributed by atoms with Crippen molar-refractivity contribution in [2.24, 2.45) is 5.73 Å². The van der Waals surface area contributed by atoms with Gasteiger partial charge in [-0.25, -0.2) is 0 Å². The zero-order valence-electron chi connectivity index (χ0n) is 11.5. The largest absolute Gasteiger partial charge is 0.330 e. The molecular formula is C15H25ClN2. The number of hydrogen-bond donors (Lipinski definition) is 1. The van der Waals surface area contributed by atoms with E-state index in [1.807, 2.05) is 12.1 Å². The highest BCUT2D eigenvalue weighted by atomic mass is 35.5. The molecule has 0 aromatic heterocycles. The van der Waals surface area contributed by atoms with Gasteiger partial charge in [-0.1, -0.05) is 37.6 Å². The molecule has 2 N–H and O–H groups in total. The lowest BCUT2D eigenvalue weighted by Crippen LogP contribution is -2.33. The SMILES string of the molecule is CCCN(CCC)CC(CN)c1ccc(Cl)cc1. The summed E-state index contributed by atoms with van der Waals surface area (Å²) in [4.78, 5) is 2.51. The molecule has 0 fully saturated rings. The molecule has 0 bridgehead atoms. The number of rotatable bonds is 8. The third kappa shape index (κ3) is 4.97. The summed E-state index contributed by atoms with van der Waals surface area (Å²) in [6.07, 6.45) is 2.38. The van der Waals surface area contributed by atoms with E-state index in [-0.39, 0.29) is 0 Å². The molecule has 0 heterocycles. The molecule has 0 aliphatic carbocycles. The van der Waals surface area contributed by atoms with Crippen molar-refractivity contribution in [1.82, 2.24) is 4.90 Å². The maximum atomic E-state index is 5.92. The monoisotopic (exact) mass is 268 g/mol. The molecule has 102 valence electrons. The van der Waals surface area contributed by atoms with Crippen LogP contribution in [0.4, 0.5) is 0 Å². The molecule has 0 saturated heterocycles. The predicted octanol–water partition coefficient (Wildman–Crippen LogP) is 3.50. The third-order valence-electron chi connectivity index (χ3n) is 3.18. The summed E-state index contributed by atoms with van der Waals surface area (Å²) in [5.41, 5.74) is 7.21. The fourth-order valence-corrected chi connectivity index (χ4v) is 2.42. The van der Waals surface area contributed by atoms with E-state index in [1.165, 1.54) is 18.4 Å². The Hall–Kier alpha value is -0.570. The van der Waals surface area contributed by atoms with Gasteiger partial charge in [-0.2, -0.15) is 0 Å². The van der Waals surface area contributed by atoms with E-state index >= 15 is 0 Å². The first-order chi connectivity index (χ1) is 8.71. The maximum absolute atomic E-state index is 5.92. The maximum Gasteiger partial charge on any atom is 0.0406 e.